The molecule has 0 aromatic rings. The molecule has 0 rings (SSSR count). The van der Waals surface area contributed by atoms with Gasteiger partial charge < -0.3 is 61.4 Å². The van der Waals surface area contributed by atoms with Crippen LogP contribution in [0.25, 0.3) is 0 Å². The number of aliphatic hydroxyl groups is 7. The summed E-state index contributed by atoms with van der Waals surface area (Å²) in [4.78, 5) is 21.6. The third kappa shape index (κ3) is 45.0. The number of aliphatic hydroxyl groups excluding tert-OH is 7. The third-order valence-electron chi connectivity index (χ3n) is 1.43. The van der Waals surface area contributed by atoms with Crippen LogP contribution in [0.1, 0.15) is 6.92 Å². The third-order valence-corrected chi connectivity index (χ3v) is 1.43. The van der Waals surface area contributed by atoms with Gasteiger partial charge in [0.05, 0.1) is 25.9 Å². The zero-order valence-corrected chi connectivity index (χ0v) is 14.7. The summed E-state index contributed by atoms with van der Waals surface area (Å²) in [5.41, 5.74) is 0. The summed E-state index contributed by atoms with van der Waals surface area (Å²) in [6, 6.07) is 0. The van der Waals surface area contributed by atoms with E-state index in [1.54, 1.807) is 0 Å². The van der Waals surface area contributed by atoms with E-state index in [2.05, 4.69) is 0 Å². The van der Waals surface area contributed by atoms with Crippen LogP contribution in [0.3, 0.4) is 0 Å². The Morgan fingerprint density at radius 1 is 0.783 bits per heavy atom. The van der Waals surface area contributed by atoms with Crippen LogP contribution in [0, 0.1) is 0 Å². The van der Waals surface area contributed by atoms with Crippen LogP contribution in [0.5, 0.6) is 0 Å². The fourth-order valence-corrected chi connectivity index (χ4v) is 0.472. The van der Waals surface area contributed by atoms with E-state index in [9.17, 15) is 0 Å². The second-order valence-corrected chi connectivity index (χ2v) is 4.56. The molecule has 0 aromatic carbocycles. The molecule has 0 aliphatic rings. The first kappa shape index (κ1) is 38.8. The summed E-state index contributed by atoms with van der Waals surface area (Å²) in [5.74, 6) is 0. The van der Waals surface area contributed by atoms with Gasteiger partial charge in [-0.2, -0.15) is 0 Å². The van der Waals surface area contributed by atoms with E-state index >= 15 is 0 Å². The minimum Gasteiger partial charge on any atom is -0.412 e. The summed E-state index contributed by atoms with van der Waals surface area (Å²) in [5, 5.41) is 58.6. The van der Waals surface area contributed by atoms with Gasteiger partial charge >= 0.3 is 7.82 Å². The van der Waals surface area contributed by atoms with Crippen LogP contribution in [0.15, 0.2) is 0 Å². The van der Waals surface area contributed by atoms with E-state index in [0.717, 1.165) is 0 Å². The van der Waals surface area contributed by atoms with Crippen LogP contribution < -0.4 is 0 Å². The minimum absolute atomic E-state index is 0. The predicted molar refractivity (Wildman–Crippen MR) is 72.4 cm³/mol. The first-order chi connectivity index (χ1) is 8.90. The van der Waals surface area contributed by atoms with Gasteiger partial charge in [0.15, 0.2) is 0 Å². The van der Waals surface area contributed by atoms with E-state index in [-0.39, 0.29) is 39.3 Å². The Morgan fingerprint density at radius 3 is 1.04 bits per heavy atom. The summed E-state index contributed by atoms with van der Waals surface area (Å²) in [6.07, 6.45) is -4.85. The molecule has 0 saturated carbocycles. The summed E-state index contributed by atoms with van der Waals surface area (Å²) < 4.78 is 8.88. The molecule has 4 atom stereocenters. The Morgan fingerprint density at radius 2 is 0.957 bits per heavy atom. The smallest absolute Gasteiger partial charge is 0.412 e. The van der Waals surface area contributed by atoms with Crippen molar-refractivity contribution in [3.05, 3.63) is 0 Å². The zero-order valence-electron chi connectivity index (χ0n) is 12.3. The maximum Gasteiger partial charge on any atom is 0.466 e. The second kappa shape index (κ2) is 22.5. The topological polar surface area (TPSA) is 282 Å². The minimum atomic E-state index is -4.64. The predicted octanol–water partition coefficient (Wildman–Crippen LogP) is -6.17. The molecule has 14 N–H and O–H groups in total. The van der Waals surface area contributed by atoms with Crippen LogP contribution >= 0.6 is 7.82 Å². The molecule has 0 radical (unpaired) electrons. The molecule has 0 spiro atoms. The molecule has 146 valence electrons. The molecule has 15 heteroatoms. The SMILES string of the molecule is CC(O)CO.O.O.O=P(O)(O)O.OC[C@@H](O)[C@H](O)[C@@H](O)CO.[Ti]. The van der Waals surface area contributed by atoms with Crippen LogP contribution in [0.2, 0.25) is 0 Å². The van der Waals surface area contributed by atoms with Crippen molar-refractivity contribution in [1.82, 2.24) is 0 Å². The largest absolute Gasteiger partial charge is 0.466 e. The van der Waals surface area contributed by atoms with Crippen molar-refractivity contribution in [2.45, 2.75) is 31.3 Å². The number of hydrogen-bond acceptors (Lipinski definition) is 8. The van der Waals surface area contributed by atoms with Crippen molar-refractivity contribution in [3.8, 4) is 0 Å². The van der Waals surface area contributed by atoms with Crippen LogP contribution in [0.4, 0.5) is 0 Å². The average molecular weight is 410 g/mol. The van der Waals surface area contributed by atoms with E-state index < -0.39 is 45.5 Å². The van der Waals surface area contributed by atoms with Crippen molar-refractivity contribution in [1.29, 1.82) is 0 Å². The number of hydrogen-bond donors (Lipinski definition) is 10. The fourth-order valence-electron chi connectivity index (χ4n) is 0.472. The van der Waals surface area contributed by atoms with Gasteiger partial charge in [-0.25, -0.2) is 4.57 Å². The Labute approximate surface area is 147 Å². The van der Waals surface area contributed by atoms with Gasteiger partial charge in [0.25, 0.3) is 0 Å². The Bertz CT molecular complexity index is 232. The van der Waals surface area contributed by atoms with E-state index in [0.29, 0.717) is 0 Å². The van der Waals surface area contributed by atoms with Crippen molar-refractivity contribution in [3.63, 3.8) is 0 Å². The van der Waals surface area contributed by atoms with E-state index in [1.165, 1.54) is 6.92 Å². The fraction of sp³-hybridized carbons (Fsp3) is 1.00. The molecule has 0 aromatic heterocycles. The molecular weight excluding hydrogens is 383 g/mol. The van der Waals surface area contributed by atoms with Crippen molar-refractivity contribution < 1.29 is 87.7 Å². The summed E-state index contributed by atoms with van der Waals surface area (Å²) >= 11 is 0. The molecule has 0 aliphatic heterocycles. The summed E-state index contributed by atoms with van der Waals surface area (Å²) in [7, 11) is -4.64. The van der Waals surface area contributed by atoms with Gasteiger partial charge in [0.1, 0.15) is 18.3 Å². The first-order valence-electron chi connectivity index (χ1n) is 5.23. The average Bonchev–Trinajstić information content (AvgIpc) is 2.34. The van der Waals surface area contributed by atoms with Crippen molar-refractivity contribution >= 4 is 7.82 Å². The van der Waals surface area contributed by atoms with Gasteiger partial charge in [0, 0.05) is 21.7 Å². The molecule has 23 heavy (non-hydrogen) atoms. The molecular formula is C8H27O13PTi. The maximum atomic E-state index is 8.88. The maximum absolute atomic E-state index is 8.88. The van der Waals surface area contributed by atoms with Gasteiger partial charge in [-0.1, -0.05) is 0 Å². The molecule has 0 aliphatic carbocycles. The molecule has 0 amide bonds. The molecule has 0 bridgehead atoms. The van der Waals surface area contributed by atoms with Crippen molar-refractivity contribution in [2.24, 2.45) is 0 Å². The molecule has 0 fully saturated rings. The summed E-state index contributed by atoms with van der Waals surface area (Å²) in [6.45, 7) is 0.108. The monoisotopic (exact) mass is 410 g/mol. The van der Waals surface area contributed by atoms with Crippen LogP contribution in [-0.2, 0) is 26.3 Å². The number of rotatable bonds is 5. The normalized spacial score (nSPS) is 14.6. The quantitative estimate of drug-likeness (QED) is 0.150. The Kier molecular flexibility index (Phi) is 37.9. The second-order valence-electron chi connectivity index (χ2n) is 3.54. The van der Waals surface area contributed by atoms with Gasteiger partial charge in [-0.15, -0.1) is 0 Å². The molecule has 1 unspecified atom stereocenters. The number of phosphoric acid groups is 1. The Balaban J connectivity index is -0.0000000483. The van der Waals surface area contributed by atoms with Gasteiger partial charge in [-0.05, 0) is 6.92 Å². The Hall–Kier alpha value is 0.464. The standard InChI is InChI=1S/C5H12O5.C3H8O2.H3O4P.2H2O.Ti/c6-1-3(8)5(10)4(9)2-7;1-3(5)2-4;1-5(2,3)4;;;/h3-10H,1-2H2;3-5H,2H2,1H3;(H3,1,2,3,4);2*1H2;/t3-,4+,5+;;;;;. The molecule has 13 nitrogen and oxygen atoms in total. The zero-order chi connectivity index (χ0) is 16.9. The van der Waals surface area contributed by atoms with E-state index in [1.807, 2.05) is 0 Å². The van der Waals surface area contributed by atoms with Gasteiger partial charge in [-0.3, -0.25) is 0 Å². The molecule has 0 saturated heterocycles. The van der Waals surface area contributed by atoms with Gasteiger partial charge in [0.2, 0.25) is 0 Å². The van der Waals surface area contributed by atoms with Crippen LogP contribution in [-0.4, -0.2) is 106 Å². The molecule has 0 heterocycles. The van der Waals surface area contributed by atoms with E-state index in [4.69, 9.17) is 55.0 Å². The van der Waals surface area contributed by atoms with Crippen molar-refractivity contribution in [2.75, 3.05) is 19.8 Å². The first-order valence-corrected chi connectivity index (χ1v) is 6.80.